The molecule has 0 amide bonds. The Morgan fingerprint density at radius 3 is 1.80 bits per heavy atom. The first-order valence-electron chi connectivity index (χ1n) is 22.4. The van der Waals surface area contributed by atoms with Crippen LogP contribution in [-0.2, 0) is 37.3 Å². The van der Waals surface area contributed by atoms with Crippen LogP contribution in [0.3, 0.4) is 0 Å². The third-order valence-corrected chi connectivity index (χ3v) is 13.2. The number of rotatable bonds is 10. The molecule has 1 aliphatic heterocycles. The fraction of sp³-hybridized carbons (Fsp3) is 0.167. The van der Waals surface area contributed by atoms with Gasteiger partial charge in [-0.3, -0.25) is 0 Å². The van der Waals surface area contributed by atoms with Crippen LogP contribution in [0.4, 0.5) is 11.4 Å². The molecule has 0 atom stereocenters. The second-order valence-corrected chi connectivity index (χ2v) is 19.1. The van der Waals surface area contributed by atoms with Crippen molar-refractivity contribution in [2.45, 2.75) is 64.7 Å². The van der Waals surface area contributed by atoms with Crippen molar-refractivity contribution in [2.75, 3.05) is 9.80 Å². The van der Waals surface area contributed by atoms with Crippen LogP contribution in [-0.4, -0.2) is 9.55 Å². The smallest absolute Gasteiger partial charge is 0.135 e. The average molecular weight is 1040 g/mol. The van der Waals surface area contributed by atoms with Gasteiger partial charge in [-0.2, -0.15) is 6.07 Å². The summed E-state index contributed by atoms with van der Waals surface area (Å²) in [6.45, 7) is 17.9. The quantitative estimate of drug-likeness (QED) is 0.128. The molecule has 332 valence electrons. The molecule has 9 aromatic rings. The molecule has 0 saturated carbocycles. The zero-order valence-electron chi connectivity index (χ0n) is 38.5. The van der Waals surface area contributed by atoms with Crippen molar-refractivity contribution in [2.24, 2.45) is 0 Å². The standard InChI is InChI=1S/C60H53N4O.Pt/c1-58(2,3)44-24-26-49(27-25-44)62-33-34-63(41-62)50-36-48(60(6,7)46-21-15-10-16-22-46)37-52(39-50)65-51-28-29-53-54-35-43(42-17-11-8-12-18-42)23-30-55(54)64(56(53)40-51)57-38-47(31-32-61-57)59(4,5)45-19-13-9-14-20-45;/h8-38,41H,1-7H3;/q-3;. The largest absolute Gasteiger partial charge is 0.509 e. The topological polar surface area (TPSA) is 33.5 Å². The van der Waals surface area contributed by atoms with Crippen LogP contribution in [0.1, 0.15) is 76.3 Å². The predicted octanol–water partition coefficient (Wildman–Crippen LogP) is 15.1. The normalized spacial score (nSPS) is 13.1. The molecule has 0 bridgehead atoms. The van der Waals surface area contributed by atoms with E-state index in [1.807, 2.05) is 12.3 Å². The summed E-state index contributed by atoms with van der Waals surface area (Å²) >= 11 is 0. The van der Waals surface area contributed by atoms with Crippen molar-refractivity contribution in [3.05, 3.63) is 235 Å². The summed E-state index contributed by atoms with van der Waals surface area (Å²) in [4.78, 5) is 9.28. The van der Waals surface area contributed by atoms with Gasteiger partial charge in [-0.1, -0.05) is 169 Å². The molecule has 10 rings (SSSR count). The van der Waals surface area contributed by atoms with Crippen molar-refractivity contribution in [3.63, 3.8) is 0 Å². The maximum Gasteiger partial charge on any atom is 0.135 e. The van der Waals surface area contributed by atoms with E-state index < -0.39 is 0 Å². The Kier molecular flexibility index (Phi) is 11.9. The van der Waals surface area contributed by atoms with Gasteiger partial charge in [0, 0.05) is 55.4 Å². The Hall–Kier alpha value is -6.68. The van der Waals surface area contributed by atoms with Crippen LogP contribution in [0.2, 0.25) is 0 Å². The fourth-order valence-electron chi connectivity index (χ4n) is 8.99. The van der Waals surface area contributed by atoms with Crippen LogP contribution >= 0.6 is 0 Å². The van der Waals surface area contributed by atoms with Crippen molar-refractivity contribution >= 4 is 33.2 Å². The van der Waals surface area contributed by atoms with Crippen LogP contribution < -0.4 is 14.5 Å². The molecule has 0 N–H and O–H groups in total. The minimum atomic E-state index is -0.337. The Labute approximate surface area is 404 Å². The van der Waals surface area contributed by atoms with Crippen molar-refractivity contribution in [3.8, 4) is 28.4 Å². The van der Waals surface area contributed by atoms with E-state index in [2.05, 4.69) is 258 Å². The van der Waals surface area contributed by atoms with E-state index in [1.165, 1.54) is 27.8 Å². The van der Waals surface area contributed by atoms with E-state index in [4.69, 9.17) is 9.72 Å². The number of fused-ring (bicyclic) bond motifs is 3. The van der Waals surface area contributed by atoms with E-state index in [-0.39, 0.29) is 37.3 Å². The first kappa shape index (κ1) is 44.5. The number of nitrogens with zero attached hydrogens (tertiary/aromatic N) is 4. The average Bonchev–Trinajstić information content (AvgIpc) is 3.95. The van der Waals surface area contributed by atoms with Gasteiger partial charge < -0.3 is 19.1 Å². The first-order valence-corrected chi connectivity index (χ1v) is 22.4. The number of hydrogen-bond donors (Lipinski definition) is 0. The number of pyridine rings is 1. The third kappa shape index (κ3) is 8.49. The van der Waals surface area contributed by atoms with Crippen LogP contribution in [0, 0.1) is 18.8 Å². The Morgan fingerprint density at radius 1 is 0.500 bits per heavy atom. The second kappa shape index (κ2) is 17.6. The second-order valence-electron chi connectivity index (χ2n) is 19.1. The van der Waals surface area contributed by atoms with Gasteiger partial charge in [0.1, 0.15) is 5.82 Å². The number of aromatic nitrogens is 2. The van der Waals surface area contributed by atoms with Crippen molar-refractivity contribution < 1.29 is 25.8 Å². The molecule has 2 aromatic heterocycles. The summed E-state index contributed by atoms with van der Waals surface area (Å²) in [5.41, 5.74) is 11.7. The molecule has 1 aliphatic rings. The Morgan fingerprint density at radius 2 is 1.14 bits per heavy atom. The molecular formula is C60H53N4OPt-3. The van der Waals surface area contributed by atoms with Gasteiger partial charge in [0.2, 0.25) is 0 Å². The molecule has 0 radical (unpaired) electrons. The summed E-state index contributed by atoms with van der Waals surface area (Å²) < 4.78 is 9.14. The van der Waals surface area contributed by atoms with E-state index in [1.54, 1.807) is 0 Å². The van der Waals surface area contributed by atoms with Gasteiger partial charge in [-0.05, 0) is 92.3 Å². The molecule has 0 unspecified atom stereocenters. The van der Waals surface area contributed by atoms with Gasteiger partial charge in [0.05, 0.1) is 0 Å². The van der Waals surface area contributed by atoms with Gasteiger partial charge in [-0.15, -0.1) is 53.6 Å². The van der Waals surface area contributed by atoms with E-state index in [9.17, 15) is 0 Å². The molecule has 0 aliphatic carbocycles. The summed E-state index contributed by atoms with van der Waals surface area (Å²) in [5, 5.41) is 2.18. The number of ether oxygens (including phenoxy) is 1. The number of hydrogen-bond acceptors (Lipinski definition) is 4. The molecule has 0 spiro atoms. The van der Waals surface area contributed by atoms with Crippen molar-refractivity contribution in [1.29, 1.82) is 0 Å². The number of benzene rings is 7. The van der Waals surface area contributed by atoms with Crippen LogP contribution in [0.25, 0.3) is 38.8 Å². The SMILES string of the molecule is CC(C)(C)c1ccc(N2C=CN(c3[c-]c(Oc4[c-]c5c(cc4)c4cc(-c6ccccc6)ccc4n5-c4cc(C(C)(C)c5ccccc5)ccn4)cc(C(C)(C)c4ccccc4)c3)[CH-]2)cc1.[Pt]. The minimum absolute atomic E-state index is 0. The van der Waals surface area contributed by atoms with E-state index in [0.717, 1.165) is 50.1 Å². The molecule has 66 heavy (non-hydrogen) atoms. The van der Waals surface area contributed by atoms with Crippen molar-refractivity contribution in [1.82, 2.24) is 9.55 Å². The predicted molar refractivity (Wildman–Crippen MR) is 269 cm³/mol. The van der Waals surface area contributed by atoms with E-state index in [0.29, 0.717) is 11.5 Å². The van der Waals surface area contributed by atoms with E-state index >= 15 is 0 Å². The Balaban J connectivity index is 0.00000548. The number of anilines is 2. The Bertz CT molecular complexity index is 3180. The monoisotopic (exact) mass is 1040 g/mol. The maximum absolute atomic E-state index is 6.91. The summed E-state index contributed by atoms with van der Waals surface area (Å²) in [7, 11) is 0. The fourth-order valence-corrected chi connectivity index (χ4v) is 8.99. The molecular weight excluding hydrogens is 988 g/mol. The molecule has 5 nitrogen and oxygen atoms in total. The maximum atomic E-state index is 6.91. The molecule has 7 aromatic carbocycles. The van der Waals surface area contributed by atoms with Gasteiger partial charge >= 0.3 is 0 Å². The summed E-state index contributed by atoms with van der Waals surface area (Å²) in [5.74, 6) is 2.01. The summed E-state index contributed by atoms with van der Waals surface area (Å²) in [6, 6.07) is 67.6. The van der Waals surface area contributed by atoms with Gasteiger partial charge in [-0.25, -0.2) is 4.98 Å². The molecule has 3 heterocycles. The molecule has 6 heteroatoms. The summed E-state index contributed by atoms with van der Waals surface area (Å²) in [6.07, 6.45) is 6.09. The minimum Gasteiger partial charge on any atom is -0.509 e. The molecule has 0 saturated heterocycles. The third-order valence-electron chi connectivity index (χ3n) is 13.2. The van der Waals surface area contributed by atoms with Gasteiger partial charge in [0.15, 0.2) is 0 Å². The van der Waals surface area contributed by atoms with Crippen LogP contribution in [0.15, 0.2) is 188 Å². The molecule has 0 fully saturated rings. The zero-order valence-corrected chi connectivity index (χ0v) is 40.8. The zero-order chi connectivity index (χ0) is 44.9. The van der Waals surface area contributed by atoms with Gasteiger partial charge in [0.25, 0.3) is 0 Å². The first-order chi connectivity index (χ1) is 31.3. The van der Waals surface area contributed by atoms with Crippen LogP contribution in [0.5, 0.6) is 11.5 Å².